The minimum atomic E-state index is -0.583. The summed E-state index contributed by atoms with van der Waals surface area (Å²) in [5, 5.41) is 23.0. The van der Waals surface area contributed by atoms with Crippen LogP contribution in [0.1, 0.15) is 46.0 Å². The number of amides is 1. The van der Waals surface area contributed by atoms with Crippen molar-refractivity contribution in [2.24, 2.45) is 22.7 Å². The summed E-state index contributed by atoms with van der Waals surface area (Å²) in [6.45, 7) is 3.97. The summed E-state index contributed by atoms with van der Waals surface area (Å²) in [7, 11) is 0. The number of carbonyl (C=O) groups is 2. The van der Waals surface area contributed by atoms with E-state index in [1.54, 1.807) is 0 Å². The molecule has 0 spiro atoms. The molecule has 3 N–H and O–H groups in total. The van der Waals surface area contributed by atoms with Crippen LogP contribution in [0.5, 0.6) is 0 Å². The Hall–Kier alpha value is -0.760. The molecule has 0 bridgehead atoms. The zero-order valence-corrected chi connectivity index (χ0v) is 16.2. The van der Waals surface area contributed by atoms with Crippen molar-refractivity contribution in [3.8, 4) is 0 Å². The molecule has 3 aliphatic rings. The van der Waals surface area contributed by atoms with Gasteiger partial charge in [0.05, 0.1) is 17.6 Å². The first-order chi connectivity index (χ1) is 11.7. The van der Waals surface area contributed by atoms with E-state index < -0.39 is 11.5 Å². The standard InChI is InChI=1S/C18H25NO4S2/c1-17-8-7-14(22)18(2,9-20)13(17)6-4-11(21)10(17)3-5-12-15(23)19-16(24)25-12/h5,10,13-14,20,22H,3-4,6-9H2,1-2H3,(H,19,23,24)/b12-5+/t10-,13+,14-,17+,18+/m1/s1. The van der Waals surface area contributed by atoms with Crippen molar-refractivity contribution in [1.82, 2.24) is 5.32 Å². The zero-order valence-electron chi connectivity index (χ0n) is 14.6. The highest BCUT2D eigenvalue weighted by atomic mass is 32.2. The van der Waals surface area contributed by atoms with Crippen LogP contribution < -0.4 is 5.32 Å². The number of nitrogens with one attached hydrogen (secondary N) is 1. The normalized spacial score (nSPS) is 43.3. The topological polar surface area (TPSA) is 86.6 Å². The Kier molecular flexibility index (Phi) is 5.14. The second-order valence-corrected chi connectivity index (χ2v) is 9.70. The molecule has 0 aromatic heterocycles. The van der Waals surface area contributed by atoms with Crippen molar-refractivity contribution in [1.29, 1.82) is 0 Å². The molecular formula is C18H25NO4S2. The van der Waals surface area contributed by atoms with Gasteiger partial charge in [-0.2, -0.15) is 0 Å². The Morgan fingerprint density at radius 3 is 2.68 bits per heavy atom. The van der Waals surface area contributed by atoms with Crippen molar-refractivity contribution in [3.63, 3.8) is 0 Å². The maximum atomic E-state index is 12.7. The lowest BCUT2D eigenvalue weighted by molar-refractivity contribution is -0.170. The van der Waals surface area contributed by atoms with E-state index in [1.165, 1.54) is 11.8 Å². The number of aliphatic hydroxyl groups is 2. The molecule has 3 fully saturated rings. The van der Waals surface area contributed by atoms with Crippen LogP contribution in [0.15, 0.2) is 11.0 Å². The number of fused-ring (bicyclic) bond motifs is 1. The molecule has 25 heavy (non-hydrogen) atoms. The van der Waals surface area contributed by atoms with Crippen LogP contribution in [0, 0.1) is 22.7 Å². The van der Waals surface area contributed by atoms with Gasteiger partial charge in [-0.15, -0.1) is 0 Å². The van der Waals surface area contributed by atoms with Gasteiger partial charge in [0.1, 0.15) is 10.1 Å². The van der Waals surface area contributed by atoms with Crippen molar-refractivity contribution in [2.45, 2.75) is 52.1 Å². The second kappa shape index (κ2) is 6.76. The van der Waals surface area contributed by atoms with Crippen LogP contribution in [0.2, 0.25) is 0 Å². The molecule has 2 aliphatic carbocycles. The van der Waals surface area contributed by atoms with Gasteiger partial charge >= 0.3 is 0 Å². The lowest BCUT2D eigenvalue weighted by Gasteiger charge is -2.58. The van der Waals surface area contributed by atoms with E-state index in [0.29, 0.717) is 34.9 Å². The third-order valence-electron chi connectivity index (χ3n) is 6.70. The molecule has 0 radical (unpaired) electrons. The van der Waals surface area contributed by atoms with Gasteiger partial charge in [-0.05, 0) is 37.0 Å². The Morgan fingerprint density at radius 2 is 2.08 bits per heavy atom. The molecule has 0 unspecified atom stereocenters. The number of hydrogen-bond acceptors (Lipinski definition) is 6. The van der Waals surface area contributed by atoms with E-state index in [-0.39, 0.29) is 35.5 Å². The summed E-state index contributed by atoms with van der Waals surface area (Å²) in [5.74, 6) is -0.0850. The number of allylic oxidation sites excluding steroid dienone is 1. The molecule has 0 aromatic carbocycles. The Morgan fingerprint density at radius 1 is 1.36 bits per heavy atom. The smallest absolute Gasteiger partial charge is 0.263 e. The number of thiocarbonyl (C=S) groups is 1. The SMILES string of the molecule is C[C@]1(CO)[C@H]2CCC(=O)[C@@H](C/C=C3/SC(=S)NC3=O)[C@]2(C)CC[C@H]1O. The van der Waals surface area contributed by atoms with Crippen molar-refractivity contribution < 1.29 is 19.8 Å². The fourth-order valence-corrected chi connectivity index (χ4v) is 6.17. The van der Waals surface area contributed by atoms with Gasteiger partial charge in [0, 0.05) is 17.8 Å². The quantitative estimate of drug-likeness (QED) is 0.511. The van der Waals surface area contributed by atoms with Gasteiger partial charge in [0.25, 0.3) is 5.91 Å². The van der Waals surface area contributed by atoms with Gasteiger partial charge in [0.2, 0.25) is 0 Å². The molecule has 1 heterocycles. The fraction of sp³-hybridized carbons (Fsp3) is 0.722. The summed E-state index contributed by atoms with van der Waals surface area (Å²) in [6, 6.07) is 0. The summed E-state index contributed by atoms with van der Waals surface area (Å²) < 4.78 is 0.448. The molecule has 2 saturated carbocycles. The summed E-state index contributed by atoms with van der Waals surface area (Å²) in [4.78, 5) is 25.1. The largest absolute Gasteiger partial charge is 0.396 e. The van der Waals surface area contributed by atoms with Crippen LogP contribution in [-0.2, 0) is 9.59 Å². The summed E-state index contributed by atoms with van der Waals surface area (Å²) >= 11 is 6.24. The molecule has 3 rings (SSSR count). The van der Waals surface area contributed by atoms with E-state index in [9.17, 15) is 19.8 Å². The number of Topliss-reactive ketones (excluding diaryl/α,β-unsaturated/α-hetero) is 1. The van der Waals surface area contributed by atoms with E-state index >= 15 is 0 Å². The highest BCUT2D eigenvalue weighted by Gasteiger charge is 2.58. The number of ketones is 1. The molecular weight excluding hydrogens is 358 g/mol. The molecule has 1 amide bonds. The highest BCUT2D eigenvalue weighted by molar-refractivity contribution is 8.26. The maximum absolute atomic E-state index is 12.7. The third kappa shape index (κ3) is 3.09. The molecule has 138 valence electrons. The Labute approximate surface area is 157 Å². The highest BCUT2D eigenvalue weighted by Crippen LogP contribution is 2.59. The lowest BCUT2D eigenvalue weighted by Crippen LogP contribution is -2.58. The minimum absolute atomic E-state index is 0.0804. The van der Waals surface area contributed by atoms with E-state index in [4.69, 9.17) is 12.2 Å². The van der Waals surface area contributed by atoms with Crippen LogP contribution in [0.3, 0.4) is 0 Å². The second-order valence-electron chi connectivity index (χ2n) is 7.98. The first-order valence-electron chi connectivity index (χ1n) is 8.77. The minimum Gasteiger partial charge on any atom is -0.396 e. The molecule has 5 nitrogen and oxygen atoms in total. The first-order valence-corrected chi connectivity index (χ1v) is 10.00. The van der Waals surface area contributed by atoms with Gasteiger partial charge in [-0.25, -0.2) is 0 Å². The van der Waals surface area contributed by atoms with Crippen LogP contribution in [0.25, 0.3) is 0 Å². The van der Waals surface area contributed by atoms with E-state index in [1.807, 2.05) is 13.0 Å². The van der Waals surface area contributed by atoms with Gasteiger partial charge in [0.15, 0.2) is 0 Å². The average molecular weight is 384 g/mol. The maximum Gasteiger partial charge on any atom is 0.263 e. The van der Waals surface area contributed by atoms with Gasteiger partial charge in [-0.3, -0.25) is 9.59 Å². The predicted octanol–water partition coefficient (Wildman–Crippen LogP) is 2.16. The first kappa shape index (κ1) is 19.0. The fourth-order valence-electron chi connectivity index (χ4n) is 5.14. The van der Waals surface area contributed by atoms with Crippen molar-refractivity contribution in [3.05, 3.63) is 11.0 Å². The monoisotopic (exact) mass is 383 g/mol. The van der Waals surface area contributed by atoms with Crippen LogP contribution >= 0.6 is 24.0 Å². The molecule has 1 saturated heterocycles. The number of thioether (sulfide) groups is 1. The third-order valence-corrected chi connectivity index (χ3v) is 7.91. The predicted molar refractivity (Wildman–Crippen MR) is 101 cm³/mol. The number of hydrogen-bond donors (Lipinski definition) is 3. The van der Waals surface area contributed by atoms with Gasteiger partial charge < -0.3 is 15.5 Å². The Balaban J connectivity index is 1.88. The molecule has 5 atom stereocenters. The van der Waals surface area contributed by atoms with Crippen LogP contribution in [-0.4, -0.2) is 38.9 Å². The summed E-state index contributed by atoms with van der Waals surface area (Å²) in [6.07, 6.45) is 4.30. The van der Waals surface area contributed by atoms with Crippen molar-refractivity contribution in [2.75, 3.05) is 6.61 Å². The summed E-state index contributed by atoms with van der Waals surface area (Å²) in [5.41, 5.74) is -0.858. The van der Waals surface area contributed by atoms with Gasteiger partial charge in [-0.1, -0.05) is 43.9 Å². The average Bonchev–Trinajstić information content (AvgIpc) is 2.88. The van der Waals surface area contributed by atoms with E-state index in [2.05, 4.69) is 12.2 Å². The van der Waals surface area contributed by atoms with E-state index in [0.717, 1.165) is 6.42 Å². The van der Waals surface area contributed by atoms with Crippen LogP contribution in [0.4, 0.5) is 0 Å². The number of carbonyl (C=O) groups excluding carboxylic acids is 2. The zero-order chi connectivity index (χ0) is 18.4. The number of aliphatic hydroxyl groups excluding tert-OH is 2. The Bertz CT molecular complexity index is 649. The molecule has 1 aliphatic heterocycles. The number of rotatable bonds is 3. The molecule has 7 heteroatoms. The lowest BCUT2D eigenvalue weighted by atomic mass is 9.46. The van der Waals surface area contributed by atoms with Crippen molar-refractivity contribution >= 4 is 40.0 Å². The molecule has 0 aromatic rings.